The van der Waals surface area contributed by atoms with Gasteiger partial charge in [0.05, 0.1) is 11.4 Å². The van der Waals surface area contributed by atoms with Gasteiger partial charge in [0.2, 0.25) is 0 Å². The van der Waals surface area contributed by atoms with Crippen LogP contribution in [0.3, 0.4) is 0 Å². The van der Waals surface area contributed by atoms with Crippen molar-refractivity contribution in [2.24, 2.45) is 0 Å². The maximum atomic E-state index is 4.31. The summed E-state index contributed by atoms with van der Waals surface area (Å²) < 4.78 is 1.90. The number of hydrogen-bond donors (Lipinski definition) is 0. The highest BCUT2D eigenvalue weighted by molar-refractivity contribution is 14.2. The van der Waals surface area contributed by atoms with Crippen LogP contribution < -0.4 is 0 Å². The molecule has 1 aromatic heterocycles. The standard InChI is InChI=1S/C6H8IN2PS/c1-4-6(3-10)5(2)9(8-4)11-7/h3,10H,1-2H3. The number of halogens is 1. The quantitative estimate of drug-likeness (QED) is 0.617. The topological polar surface area (TPSA) is 17.8 Å². The molecule has 0 amide bonds. The summed E-state index contributed by atoms with van der Waals surface area (Å²) in [5.74, 6) is 1.90. The van der Waals surface area contributed by atoms with E-state index in [-0.39, 0.29) is 0 Å². The van der Waals surface area contributed by atoms with Gasteiger partial charge < -0.3 is 0 Å². The van der Waals surface area contributed by atoms with Crippen LogP contribution >= 0.6 is 39.2 Å². The molecular weight excluding hydrogens is 290 g/mol. The third kappa shape index (κ3) is 1.79. The lowest BCUT2D eigenvalue weighted by Crippen LogP contribution is -1.88. The lowest BCUT2D eigenvalue weighted by atomic mass is 10.2. The van der Waals surface area contributed by atoms with E-state index >= 15 is 0 Å². The van der Waals surface area contributed by atoms with Crippen molar-refractivity contribution in [1.82, 2.24) is 9.19 Å². The third-order valence-electron chi connectivity index (χ3n) is 1.52. The Kier molecular flexibility index (Phi) is 3.40. The molecule has 1 heterocycles. The van der Waals surface area contributed by atoms with E-state index in [1.54, 1.807) is 9.12 Å². The van der Waals surface area contributed by atoms with Crippen LogP contribution in [-0.4, -0.2) is 15.0 Å². The molecule has 2 nitrogen and oxygen atoms in total. The molecule has 0 bridgehead atoms. The monoisotopic (exact) mass is 298 g/mol. The van der Waals surface area contributed by atoms with Gasteiger partial charge in [-0.2, -0.15) is 5.10 Å². The van der Waals surface area contributed by atoms with Crippen molar-refractivity contribution < 1.29 is 0 Å². The maximum absolute atomic E-state index is 4.31. The summed E-state index contributed by atoms with van der Waals surface area (Å²) in [5.41, 5.74) is 3.41. The van der Waals surface area contributed by atoms with Crippen LogP contribution in [0.25, 0.3) is 0 Å². The van der Waals surface area contributed by atoms with Crippen molar-refractivity contribution in [2.75, 3.05) is 0 Å². The molecule has 0 radical (unpaired) electrons. The van der Waals surface area contributed by atoms with Gasteiger partial charge in [-0.3, -0.25) is 0 Å². The molecule has 0 saturated heterocycles. The van der Waals surface area contributed by atoms with Crippen molar-refractivity contribution in [3.63, 3.8) is 0 Å². The van der Waals surface area contributed by atoms with E-state index in [2.05, 4.69) is 42.1 Å². The smallest absolute Gasteiger partial charge is 0.0683 e. The second-order valence-corrected chi connectivity index (χ2v) is 4.13. The fourth-order valence-electron chi connectivity index (χ4n) is 0.906. The highest BCUT2D eigenvalue weighted by Crippen LogP contribution is 2.20. The molecule has 0 aliphatic carbocycles. The van der Waals surface area contributed by atoms with Gasteiger partial charge in [0, 0.05) is 35.9 Å². The summed E-state index contributed by atoms with van der Waals surface area (Å²) in [7, 11) is 4.94. The van der Waals surface area contributed by atoms with Gasteiger partial charge in [-0.15, -0.1) is 8.86 Å². The van der Waals surface area contributed by atoms with E-state index < -0.39 is 0 Å². The van der Waals surface area contributed by atoms with Crippen LogP contribution in [0.4, 0.5) is 0 Å². The minimum atomic E-state index is 1.06. The zero-order valence-electron chi connectivity index (χ0n) is 6.26. The van der Waals surface area contributed by atoms with Crippen LogP contribution in [0.15, 0.2) is 0 Å². The Hall–Kier alpha value is 0.460. The summed E-state index contributed by atoms with van der Waals surface area (Å²) in [6.45, 7) is 4.06. The molecule has 0 unspecified atom stereocenters. The first kappa shape index (κ1) is 9.55. The largest absolute Gasteiger partial charge is 0.200 e. The Bertz CT molecular complexity index is 284. The fraction of sp³-hybridized carbons (Fsp3) is 0.333. The average molecular weight is 298 g/mol. The summed E-state index contributed by atoms with van der Waals surface area (Å²) in [6, 6.07) is 0. The molecule has 0 saturated carbocycles. The third-order valence-corrected chi connectivity index (χ3v) is 3.41. The molecule has 11 heavy (non-hydrogen) atoms. The Morgan fingerprint density at radius 2 is 2.27 bits per heavy atom. The summed E-state index contributed by atoms with van der Waals surface area (Å²) in [5, 5.41) is 4.31. The number of rotatable bonds is 2. The lowest BCUT2D eigenvalue weighted by molar-refractivity contribution is 0.954. The second kappa shape index (κ2) is 3.92. The predicted molar refractivity (Wildman–Crippen MR) is 62.2 cm³/mol. The summed E-state index contributed by atoms with van der Waals surface area (Å²) in [6.07, 6.45) is 0. The van der Waals surface area contributed by atoms with Crippen LogP contribution in [0.5, 0.6) is 0 Å². The molecule has 0 aromatic carbocycles. The van der Waals surface area contributed by atoms with E-state index in [1.807, 2.05) is 16.8 Å². The molecular formula is C6H8IN2PS. The van der Waals surface area contributed by atoms with Gasteiger partial charge in [0.15, 0.2) is 0 Å². The summed E-state index contributed by atoms with van der Waals surface area (Å²) >= 11 is 2.21. The number of aryl methyl sites for hydroxylation is 1. The van der Waals surface area contributed by atoms with E-state index in [0.29, 0.717) is 0 Å². The van der Waals surface area contributed by atoms with Crippen LogP contribution in [0.2, 0.25) is 0 Å². The van der Waals surface area contributed by atoms with E-state index in [4.69, 9.17) is 0 Å². The van der Waals surface area contributed by atoms with E-state index in [1.165, 1.54) is 11.3 Å². The van der Waals surface area contributed by atoms with Crippen molar-refractivity contribution >= 4 is 45.0 Å². The van der Waals surface area contributed by atoms with Crippen molar-refractivity contribution in [3.8, 4) is 0 Å². The zero-order valence-corrected chi connectivity index (χ0v) is 10.2. The van der Waals surface area contributed by atoms with Gasteiger partial charge in [-0.1, -0.05) is 0 Å². The van der Waals surface area contributed by atoms with E-state index in [9.17, 15) is 0 Å². The lowest BCUT2D eigenvalue weighted by Gasteiger charge is -1.94. The molecule has 0 spiro atoms. The van der Waals surface area contributed by atoms with Gasteiger partial charge in [0.25, 0.3) is 0 Å². The van der Waals surface area contributed by atoms with Crippen molar-refractivity contribution in [1.29, 1.82) is 0 Å². The fourth-order valence-corrected chi connectivity index (χ4v) is 2.83. The molecule has 1 rings (SSSR count). The first-order valence-electron chi connectivity index (χ1n) is 3.06. The second-order valence-electron chi connectivity index (χ2n) is 2.17. The Morgan fingerprint density at radius 1 is 1.64 bits per heavy atom. The molecule has 5 heteroatoms. The Morgan fingerprint density at radius 3 is 2.55 bits per heavy atom. The molecule has 0 aliphatic heterocycles. The molecule has 60 valence electrons. The van der Waals surface area contributed by atoms with Crippen molar-refractivity contribution in [3.05, 3.63) is 17.0 Å². The molecule has 1 aromatic rings. The van der Waals surface area contributed by atoms with Crippen LogP contribution in [-0.2, 0) is 0 Å². The first-order chi connectivity index (χ1) is 5.20. The van der Waals surface area contributed by atoms with Gasteiger partial charge in [-0.05, 0) is 19.6 Å². The number of nitrogens with zero attached hydrogens (tertiary/aromatic N) is 2. The van der Waals surface area contributed by atoms with Crippen LogP contribution in [0, 0.1) is 13.8 Å². The highest BCUT2D eigenvalue weighted by atomic mass is 127. The van der Waals surface area contributed by atoms with Gasteiger partial charge in [0.1, 0.15) is 0 Å². The molecule has 0 fully saturated rings. The number of hydrogen-bond acceptors (Lipinski definition) is 2. The van der Waals surface area contributed by atoms with Gasteiger partial charge in [-0.25, -0.2) is 4.09 Å². The van der Waals surface area contributed by atoms with Gasteiger partial charge >= 0.3 is 0 Å². The van der Waals surface area contributed by atoms with Crippen molar-refractivity contribution in [2.45, 2.75) is 13.8 Å². The predicted octanol–water partition coefficient (Wildman–Crippen LogP) is 2.64. The SMILES string of the molecule is Cc1nn(SI)c(C)c1C=P. The average Bonchev–Trinajstić information content (AvgIpc) is 2.26. The number of aromatic nitrogens is 2. The Labute approximate surface area is 84.7 Å². The summed E-state index contributed by atoms with van der Waals surface area (Å²) in [4.78, 5) is 0. The normalized spacial score (nSPS) is 10.1. The Balaban J connectivity index is 3.24. The minimum Gasteiger partial charge on any atom is -0.200 e. The first-order valence-corrected chi connectivity index (χ1v) is 6.95. The molecule has 0 aliphatic rings. The van der Waals surface area contributed by atoms with Crippen LogP contribution in [0.1, 0.15) is 17.0 Å². The zero-order chi connectivity index (χ0) is 8.43. The molecule has 0 N–H and O–H groups in total. The minimum absolute atomic E-state index is 1.06. The molecule has 0 atom stereocenters. The maximum Gasteiger partial charge on any atom is 0.0683 e. The van der Waals surface area contributed by atoms with E-state index in [0.717, 1.165) is 5.69 Å². The highest BCUT2D eigenvalue weighted by Gasteiger charge is 2.07.